The smallest absolute Gasteiger partial charge is 0.209 e. The first-order valence-corrected chi connectivity index (χ1v) is 8.33. The minimum atomic E-state index is -3.32. The van der Waals surface area contributed by atoms with Gasteiger partial charge in [0.2, 0.25) is 10.0 Å². The number of unbranched alkanes of at least 4 members (excludes halogenated alkanes) is 2. The molecule has 5 heteroatoms. The van der Waals surface area contributed by atoms with E-state index in [2.05, 4.69) is 26.0 Å². The van der Waals surface area contributed by atoms with Crippen molar-refractivity contribution in [2.24, 2.45) is 5.14 Å². The zero-order valence-corrected chi connectivity index (χ0v) is 12.4. The summed E-state index contributed by atoms with van der Waals surface area (Å²) in [5, 5.41) is 4.93. The van der Waals surface area contributed by atoms with Gasteiger partial charge in [0.15, 0.2) is 0 Å². The van der Waals surface area contributed by atoms with Crippen LogP contribution in [-0.2, 0) is 10.0 Å². The van der Waals surface area contributed by atoms with E-state index in [1.165, 1.54) is 5.56 Å². The van der Waals surface area contributed by atoms with E-state index in [0.29, 0.717) is 18.9 Å². The Hall–Kier alpha value is -1.07. The highest BCUT2D eigenvalue weighted by Crippen LogP contribution is 2.20. The van der Waals surface area contributed by atoms with Gasteiger partial charge in [-0.2, -0.15) is 0 Å². The number of primary sulfonamides is 1. The predicted octanol–water partition coefficient (Wildman–Crippen LogP) is 2.65. The van der Waals surface area contributed by atoms with Gasteiger partial charge < -0.3 is 4.74 Å². The van der Waals surface area contributed by atoms with Crippen LogP contribution in [-0.4, -0.2) is 20.8 Å². The topological polar surface area (TPSA) is 69.4 Å². The summed E-state index contributed by atoms with van der Waals surface area (Å²) in [5.74, 6) is 1.41. The molecule has 0 aliphatic rings. The van der Waals surface area contributed by atoms with Crippen LogP contribution in [0.25, 0.3) is 0 Å². The molecule has 0 unspecified atom stereocenters. The normalized spacial score (nSPS) is 11.8. The molecule has 0 saturated carbocycles. The highest BCUT2D eigenvalue weighted by atomic mass is 32.2. The molecule has 19 heavy (non-hydrogen) atoms. The highest BCUT2D eigenvalue weighted by Gasteiger charge is 2.03. The van der Waals surface area contributed by atoms with E-state index in [0.717, 1.165) is 18.6 Å². The molecule has 108 valence electrons. The molecule has 0 bridgehead atoms. The van der Waals surface area contributed by atoms with Crippen molar-refractivity contribution in [3.63, 3.8) is 0 Å². The zero-order chi connectivity index (χ0) is 14.3. The minimum Gasteiger partial charge on any atom is -0.494 e. The quantitative estimate of drug-likeness (QED) is 0.746. The summed E-state index contributed by atoms with van der Waals surface area (Å²) in [7, 11) is -3.32. The fraction of sp³-hybridized carbons (Fsp3) is 0.571. The molecule has 1 aromatic rings. The third-order valence-corrected chi connectivity index (χ3v) is 3.72. The molecule has 0 radical (unpaired) electrons. The maximum absolute atomic E-state index is 10.7. The molecule has 0 atom stereocenters. The number of ether oxygens (including phenoxy) is 1. The molecule has 1 aromatic carbocycles. The Labute approximate surface area is 116 Å². The average Bonchev–Trinajstić information content (AvgIpc) is 2.32. The molecular weight excluding hydrogens is 262 g/mol. The number of hydrogen-bond donors (Lipinski definition) is 1. The van der Waals surface area contributed by atoms with E-state index in [1.807, 2.05) is 12.1 Å². The second kappa shape index (κ2) is 7.50. The number of benzene rings is 1. The van der Waals surface area contributed by atoms with Gasteiger partial charge in [-0.3, -0.25) is 0 Å². The van der Waals surface area contributed by atoms with E-state index in [9.17, 15) is 8.42 Å². The molecule has 0 fully saturated rings. The van der Waals surface area contributed by atoms with Crippen molar-refractivity contribution < 1.29 is 13.2 Å². The average molecular weight is 285 g/mol. The maximum atomic E-state index is 10.7. The molecule has 0 saturated heterocycles. The molecule has 2 N–H and O–H groups in total. The van der Waals surface area contributed by atoms with Crippen LogP contribution in [0.4, 0.5) is 0 Å². The SMILES string of the molecule is CC(C)c1cccc(OCCCCCS(N)(=O)=O)c1. The minimum absolute atomic E-state index is 0.0514. The standard InChI is InChI=1S/C14H23NO3S/c1-12(2)13-7-6-8-14(11-13)18-9-4-3-5-10-19(15,16)17/h6-8,11-12H,3-5,9-10H2,1-2H3,(H2,15,16,17). The monoisotopic (exact) mass is 285 g/mol. The van der Waals surface area contributed by atoms with Crippen LogP contribution in [0.3, 0.4) is 0 Å². The molecular formula is C14H23NO3S. The van der Waals surface area contributed by atoms with Crippen LogP contribution < -0.4 is 9.88 Å². The molecule has 4 nitrogen and oxygen atoms in total. The van der Waals surface area contributed by atoms with Gasteiger partial charge >= 0.3 is 0 Å². The summed E-state index contributed by atoms with van der Waals surface area (Å²) < 4.78 is 27.1. The summed E-state index contributed by atoms with van der Waals surface area (Å²) >= 11 is 0. The fourth-order valence-corrected chi connectivity index (χ4v) is 2.34. The summed E-state index contributed by atoms with van der Waals surface area (Å²) in [6.45, 7) is 4.89. The third kappa shape index (κ3) is 7.18. The van der Waals surface area contributed by atoms with E-state index in [1.54, 1.807) is 0 Å². The second-order valence-corrected chi connectivity index (χ2v) is 6.74. The first-order chi connectivity index (χ1) is 8.88. The van der Waals surface area contributed by atoms with Gasteiger partial charge in [0.25, 0.3) is 0 Å². The van der Waals surface area contributed by atoms with Gasteiger partial charge in [-0.05, 0) is 42.9 Å². The third-order valence-electron chi connectivity index (χ3n) is 2.87. The van der Waals surface area contributed by atoms with E-state index >= 15 is 0 Å². The lowest BCUT2D eigenvalue weighted by Crippen LogP contribution is -2.16. The van der Waals surface area contributed by atoms with E-state index < -0.39 is 10.0 Å². The van der Waals surface area contributed by atoms with Gasteiger partial charge in [0.1, 0.15) is 5.75 Å². The van der Waals surface area contributed by atoms with Crippen LogP contribution in [0.5, 0.6) is 5.75 Å². The van der Waals surface area contributed by atoms with Crippen molar-refractivity contribution in [1.82, 2.24) is 0 Å². The van der Waals surface area contributed by atoms with Crippen LogP contribution in [0.1, 0.15) is 44.6 Å². The van der Waals surface area contributed by atoms with Crippen molar-refractivity contribution in [2.45, 2.75) is 39.0 Å². The Balaban J connectivity index is 2.24. The fourth-order valence-electron chi connectivity index (χ4n) is 1.74. The van der Waals surface area contributed by atoms with Gasteiger partial charge in [0, 0.05) is 0 Å². The second-order valence-electron chi connectivity index (χ2n) is 5.00. The van der Waals surface area contributed by atoms with Crippen molar-refractivity contribution in [3.8, 4) is 5.75 Å². The van der Waals surface area contributed by atoms with Crippen molar-refractivity contribution in [1.29, 1.82) is 0 Å². The lowest BCUT2D eigenvalue weighted by Gasteiger charge is -2.09. The molecule has 0 amide bonds. The van der Waals surface area contributed by atoms with E-state index in [-0.39, 0.29) is 5.75 Å². The van der Waals surface area contributed by atoms with Crippen molar-refractivity contribution in [3.05, 3.63) is 29.8 Å². The Morgan fingerprint density at radius 3 is 2.58 bits per heavy atom. The number of sulfonamides is 1. The lowest BCUT2D eigenvalue weighted by atomic mass is 10.0. The molecule has 1 rings (SSSR count). The number of nitrogens with two attached hydrogens (primary N) is 1. The Bertz CT molecular complexity index is 483. The van der Waals surface area contributed by atoms with Gasteiger partial charge in [-0.15, -0.1) is 0 Å². The highest BCUT2D eigenvalue weighted by molar-refractivity contribution is 7.89. The first-order valence-electron chi connectivity index (χ1n) is 6.62. The Morgan fingerprint density at radius 2 is 1.95 bits per heavy atom. The zero-order valence-electron chi connectivity index (χ0n) is 11.6. The predicted molar refractivity (Wildman–Crippen MR) is 77.9 cm³/mol. The molecule has 0 aromatic heterocycles. The molecule has 0 aliphatic carbocycles. The summed E-state index contributed by atoms with van der Waals surface area (Å²) in [6, 6.07) is 8.07. The van der Waals surface area contributed by atoms with Gasteiger partial charge in [-0.25, -0.2) is 13.6 Å². The van der Waals surface area contributed by atoms with Crippen LogP contribution >= 0.6 is 0 Å². The van der Waals surface area contributed by atoms with Crippen LogP contribution in [0.15, 0.2) is 24.3 Å². The van der Waals surface area contributed by atoms with E-state index in [4.69, 9.17) is 9.88 Å². The van der Waals surface area contributed by atoms with Gasteiger partial charge in [-0.1, -0.05) is 26.0 Å². The molecule has 0 heterocycles. The number of rotatable bonds is 8. The first kappa shape index (κ1) is 16.0. The van der Waals surface area contributed by atoms with Crippen LogP contribution in [0.2, 0.25) is 0 Å². The Kier molecular flexibility index (Phi) is 6.31. The largest absolute Gasteiger partial charge is 0.494 e. The van der Waals surface area contributed by atoms with Gasteiger partial charge in [0.05, 0.1) is 12.4 Å². The summed E-state index contributed by atoms with van der Waals surface area (Å²) in [5.41, 5.74) is 1.26. The van der Waals surface area contributed by atoms with Crippen molar-refractivity contribution >= 4 is 10.0 Å². The summed E-state index contributed by atoms with van der Waals surface area (Å²) in [4.78, 5) is 0. The maximum Gasteiger partial charge on any atom is 0.209 e. The number of hydrogen-bond acceptors (Lipinski definition) is 3. The molecule has 0 aliphatic heterocycles. The van der Waals surface area contributed by atoms with Crippen molar-refractivity contribution in [2.75, 3.05) is 12.4 Å². The Morgan fingerprint density at radius 1 is 1.21 bits per heavy atom. The summed E-state index contributed by atoms with van der Waals surface area (Å²) in [6.07, 6.45) is 2.23. The van der Waals surface area contributed by atoms with Crippen LogP contribution in [0, 0.1) is 0 Å². The lowest BCUT2D eigenvalue weighted by molar-refractivity contribution is 0.306. The molecule has 0 spiro atoms.